The Bertz CT molecular complexity index is 894. The summed E-state index contributed by atoms with van der Waals surface area (Å²) >= 11 is 4.95. The molecular formula is C23H30N2O3S3. The predicted octanol–water partition coefficient (Wildman–Crippen LogP) is 5.85. The van der Waals surface area contributed by atoms with E-state index >= 15 is 0 Å². The average molecular weight is 479 g/mol. The van der Waals surface area contributed by atoms with Gasteiger partial charge in [0.25, 0.3) is 0 Å². The molecule has 2 rings (SSSR count). The molecule has 0 saturated carbocycles. The van der Waals surface area contributed by atoms with Crippen molar-refractivity contribution in [2.24, 2.45) is 0 Å². The van der Waals surface area contributed by atoms with Crippen molar-refractivity contribution in [2.75, 3.05) is 25.6 Å². The van der Waals surface area contributed by atoms with Crippen LogP contribution in [0.3, 0.4) is 0 Å². The van der Waals surface area contributed by atoms with Crippen molar-refractivity contribution in [2.45, 2.75) is 37.2 Å². The lowest BCUT2D eigenvalue weighted by Crippen LogP contribution is -2.21. The maximum Gasteiger partial charge on any atom is 0.304 e. The van der Waals surface area contributed by atoms with Crippen LogP contribution in [0.15, 0.2) is 29.6 Å². The number of hydrogen-bond acceptors (Lipinski definition) is 6. The number of nitrogens with zero attached hydrogens (tertiary/aromatic N) is 2. The van der Waals surface area contributed by atoms with E-state index in [1.807, 2.05) is 12.1 Å². The molecule has 1 N–H and O–H groups in total. The second-order valence-electron chi connectivity index (χ2n) is 7.52. The van der Waals surface area contributed by atoms with E-state index in [2.05, 4.69) is 48.5 Å². The van der Waals surface area contributed by atoms with Gasteiger partial charge in [-0.05, 0) is 29.2 Å². The van der Waals surface area contributed by atoms with Crippen molar-refractivity contribution < 1.29 is 14.7 Å². The number of carboxylic acids is 1. The average Bonchev–Trinajstić information content (AvgIpc) is 3.20. The molecule has 1 atom stereocenters. The molecule has 0 fully saturated rings. The predicted molar refractivity (Wildman–Crippen MR) is 135 cm³/mol. The lowest BCUT2D eigenvalue weighted by molar-refractivity contribution is -0.136. The fraction of sp³-hybridized carbons (Fsp3) is 0.435. The summed E-state index contributed by atoms with van der Waals surface area (Å²) in [6.07, 6.45) is 4.69. The van der Waals surface area contributed by atoms with E-state index in [0.29, 0.717) is 23.8 Å². The van der Waals surface area contributed by atoms with E-state index in [0.717, 1.165) is 21.8 Å². The Labute approximate surface area is 197 Å². The molecule has 0 saturated heterocycles. The van der Waals surface area contributed by atoms with Gasteiger partial charge in [0, 0.05) is 37.4 Å². The molecular weight excluding hydrogens is 448 g/mol. The molecule has 2 aromatic rings. The van der Waals surface area contributed by atoms with E-state index in [-0.39, 0.29) is 16.9 Å². The molecule has 1 unspecified atom stereocenters. The minimum atomic E-state index is -0.792. The summed E-state index contributed by atoms with van der Waals surface area (Å²) in [5, 5.41) is 12.1. The van der Waals surface area contributed by atoms with Crippen LogP contribution in [-0.4, -0.2) is 52.5 Å². The van der Waals surface area contributed by atoms with Gasteiger partial charge in [-0.25, -0.2) is 4.98 Å². The lowest BCUT2D eigenvalue weighted by Gasteiger charge is -2.18. The number of thioether (sulfide) groups is 2. The Morgan fingerprint density at radius 1 is 1.16 bits per heavy atom. The van der Waals surface area contributed by atoms with E-state index < -0.39 is 5.97 Å². The van der Waals surface area contributed by atoms with Gasteiger partial charge in [0.15, 0.2) is 0 Å². The van der Waals surface area contributed by atoms with E-state index in [9.17, 15) is 9.59 Å². The highest BCUT2D eigenvalue weighted by atomic mass is 32.2. The number of thiazole rings is 1. The summed E-state index contributed by atoms with van der Waals surface area (Å²) < 4.78 is 0.0788. The number of carbonyl (C=O) groups excluding carboxylic acids is 1. The topological polar surface area (TPSA) is 70.5 Å². The first-order valence-electron chi connectivity index (χ1n) is 10.1. The highest BCUT2D eigenvalue weighted by molar-refractivity contribution is 8.16. The van der Waals surface area contributed by atoms with Gasteiger partial charge >= 0.3 is 5.97 Å². The van der Waals surface area contributed by atoms with E-state index in [1.54, 1.807) is 53.9 Å². The Kier molecular flexibility index (Phi) is 10.6. The maximum absolute atomic E-state index is 11.9. The number of amides is 1. The van der Waals surface area contributed by atoms with Crippen molar-refractivity contribution in [3.8, 4) is 0 Å². The highest BCUT2D eigenvalue weighted by Gasteiger charge is 2.15. The van der Waals surface area contributed by atoms with Crippen LogP contribution in [-0.2, 0) is 9.59 Å². The van der Waals surface area contributed by atoms with Gasteiger partial charge < -0.3 is 10.0 Å². The van der Waals surface area contributed by atoms with Crippen LogP contribution in [0.2, 0.25) is 0 Å². The monoisotopic (exact) mass is 478 g/mol. The molecule has 0 aliphatic rings. The van der Waals surface area contributed by atoms with Crippen LogP contribution in [0.1, 0.15) is 59.0 Å². The van der Waals surface area contributed by atoms with Crippen molar-refractivity contribution in [3.05, 3.63) is 51.5 Å². The second kappa shape index (κ2) is 12.9. The number of carbonyl (C=O) groups is 2. The molecule has 5 nitrogen and oxygen atoms in total. The fourth-order valence-corrected chi connectivity index (χ4v) is 6.11. The van der Waals surface area contributed by atoms with E-state index in [1.165, 1.54) is 0 Å². The Hall–Kier alpha value is -1.77. The number of hydrogen-bond donors (Lipinski definition) is 1. The molecule has 1 aromatic heterocycles. The van der Waals surface area contributed by atoms with Crippen LogP contribution in [0.4, 0.5) is 0 Å². The summed E-state index contributed by atoms with van der Waals surface area (Å²) in [6, 6.07) is 8.27. The summed E-state index contributed by atoms with van der Waals surface area (Å²) in [5.41, 5.74) is 3.31. The number of benzene rings is 1. The van der Waals surface area contributed by atoms with Crippen molar-refractivity contribution in [1.29, 1.82) is 0 Å². The van der Waals surface area contributed by atoms with Gasteiger partial charge in [-0.2, -0.15) is 0 Å². The maximum atomic E-state index is 11.9. The third-order valence-corrected chi connectivity index (χ3v) is 8.08. The normalized spacial score (nSPS) is 12.4. The minimum absolute atomic E-state index is 0.0788. The van der Waals surface area contributed by atoms with Crippen LogP contribution in [0.25, 0.3) is 12.2 Å². The molecule has 8 heteroatoms. The summed E-state index contributed by atoms with van der Waals surface area (Å²) in [5.74, 6) is 0.953. The third-order valence-electron chi connectivity index (χ3n) is 4.40. The molecule has 31 heavy (non-hydrogen) atoms. The van der Waals surface area contributed by atoms with Crippen LogP contribution < -0.4 is 0 Å². The van der Waals surface area contributed by atoms with Crippen LogP contribution >= 0.6 is 34.9 Å². The van der Waals surface area contributed by atoms with Crippen LogP contribution in [0, 0.1) is 0 Å². The summed E-state index contributed by atoms with van der Waals surface area (Å²) in [7, 11) is 3.52. The van der Waals surface area contributed by atoms with Crippen molar-refractivity contribution >= 4 is 58.9 Å². The van der Waals surface area contributed by atoms with Crippen LogP contribution in [0.5, 0.6) is 0 Å². The van der Waals surface area contributed by atoms with Gasteiger partial charge in [0.2, 0.25) is 5.91 Å². The minimum Gasteiger partial charge on any atom is -0.481 e. The Morgan fingerprint density at radius 2 is 1.87 bits per heavy atom. The lowest BCUT2D eigenvalue weighted by atomic mass is 10.1. The second-order valence-corrected chi connectivity index (χ2v) is 11.1. The molecule has 0 aliphatic heterocycles. The molecule has 0 spiro atoms. The first-order chi connectivity index (χ1) is 14.8. The highest BCUT2D eigenvalue weighted by Crippen LogP contribution is 2.40. The smallest absolute Gasteiger partial charge is 0.304 e. The SMILES string of the molecule is CC(C)c1csc(C=Cc2cccc(C(SCCC(=O)O)SCCC(=O)N(C)C)c2)n1. The molecule has 1 aromatic carbocycles. The Balaban J connectivity index is 2.09. The number of rotatable bonds is 12. The molecule has 0 radical (unpaired) electrons. The van der Waals surface area contributed by atoms with Gasteiger partial charge in [-0.15, -0.1) is 34.9 Å². The molecule has 1 heterocycles. The fourth-order valence-electron chi connectivity index (χ4n) is 2.59. The first kappa shape index (κ1) is 25.5. The van der Waals surface area contributed by atoms with Gasteiger partial charge in [0.05, 0.1) is 16.7 Å². The number of aromatic nitrogens is 1. The zero-order chi connectivity index (χ0) is 22.8. The molecule has 0 aliphatic carbocycles. The zero-order valence-corrected chi connectivity index (χ0v) is 20.9. The van der Waals surface area contributed by atoms with E-state index in [4.69, 9.17) is 5.11 Å². The number of aliphatic carboxylic acids is 1. The first-order valence-corrected chi connectivity index (χ1v) is 13.1. The summed E-state index contributed by atoms with van der Waals surface area (Å²) in [4.78, 5) is 29.1. The number of carboxylic acid groups (broad SMARTS) is 1. The summed E-state index contributed by atoms with van der Waals surface area (Å²) in [6.45, 7) is 4.27. The van der Waals surface area contributed by atoms with Gasteiger partial charge in [0.1, 0.15) is 5.01 Å². The van der Waals surface area contributed by atoms with Gasteiger partial charge in [-0.1, -0.05) is 38.1 Å². The molecule has 1 amide bonds. The molecule has 0 bridgehead atoms. The Morgan fingerprint density at radius 3 is 2.48 bits per heavy atom. The quantitative estimate of drug-likeness (QED) is 0.386. The van der Waals surface area contributed by atoms with Gasteiger partial charge in [-0.3, -0.25) is 9.59 Å². The largest absolute Gasteiger partial charge is 0.481 e. The third kappa shape index (κ3) is 9.09. The molecule has 168 valence electrons. The standard InChI is InChI=1S/C23H30N2O3S3/c1-16(2)19-15-31-20(24-19)9-8-17-6-5-7-18(14-17)23(30-13-11-22(27)28)29-12-10-21(26)25(3)4/h5-9,14-16,23H,10-13H2,1-4H3,(H,27,28). The van der Waals surface area contributed by atoms with Crippen molar-refractivity contribution in [3.63, 3.8) is 0 Å². The van der Waals surface area contributed by atoms with Crippen molar-refractivity contribution in [1.82, 2.24) is 9.88 Å². The zero-order valence-electron chi connectivity index (χ0n) is 18.4.